The van der Waals surface area contributed by atoms with Gasteiger partial charge in [0.05, 0.1) is 13.2 Å². The predicted octanol–water partition coefficient (Wildman–Crippen LogP) is 12.7. The zero-order chi connectivity index (χ0) is 44.2. The minimum Gasteiger partial charge on any atom is -0.480 e. The maximum Gasteiger partial charge on any atom is 0.472 e. The molecule has 0 aromatic carbocycles. The molecule has 3 atom stereocenters. The summed E-state index contributed by atoms with van der Waals surface area (Å²) in [6.07, 6.45) is 49.9. The lowest BCUT2D eigenvalue weighted by Crippen LogP contribution is -2.34. The zero-order valence-corrected chi connectivity index (χ0v) is 38.4. The Kier molecular flexibility index (Phi) is 40.8. The molecule has 0 aliphatic heterocycles. The summed E-state index contributed by atoms with van der Waals surface area (Å²) < 4.78 is 32.7. The van der Waals surface area contributed by atoms with E-state index in [0.29, 0.717) is 12.8 Å². The summed E-state index contributed by atoms with van der Waals surface area (Å²) >= 11 is 0. The van der Waals surface area contributed by atoms with Gasteiger partial charge in [0.2, 0.25) is 0 Å². The minimum atomic E-state index is -4.73. The van der Waals surface area contributed by atoms with Gasteiger partial charge in [-0.2, -0.15) is 0 Å². The number of unbranched alkanes of at least 4 members (excludes halogenated alkanes) is 19. The normalized spacial score (nSPS) is 14.2. The SMILES string of the molecule is CC/C=C\C/C=C\C/C=C\C/C=C\CCCCCCC(=O)O[C@H](COC(=O)CCCCCCCCCCC/C=C\CCCCCCCC)COP(=O)(O)OC[C@H](N)C(=O)O. The number of ether oxygens (including phenoxy) is 2. The molecular weight excluding hydrogens is 781 g/mol. The van der Waals surface area contributed by atoms with E-state index in [2.05, 4.69) is 79.1 Å². The van der Waals surface area contributed by atoms with Gasteiger partial charge >= 0.3 is 25.7 Å². The van der Waals surface area contributed by atoms with E-state index in [1.54, 1.807) is 0 Å². The molecule has 346 valence electrons. The maximum atomic E-state index is 12.6. The van der Waals surface area contributed by atoms with E-state index in [0.717, 1.165) is 70.6 Å². The van der Waals surface area contributed by atoms with Crippen LogP contribution in [0.15, 0.2) is 60.8 Å². The molecule has 12 heteroatoms. The first kappa shape index (κ1) is 57.2. The molecule has 0 aliphatic carbocycles. The fourth-order valence-electron chi connectivity index (χ4n) is 6.11. The number of rotatable bonds is 43. The van der Waals surface area contributed by atoms with Crippen LogP contribution in [0.4, 0.5) is 0 Å². The second-order valence-corrected chi connectivity index (χ2v) is 17.0. The monoisotopic (exact) mass is 866 g/mol. The Bertz CT molecular complexity index is 1250. The van der Waals surface area contributed by atoms with Crippen LogP contribution in [-0.4, -0.2) is 59.9 Å². The Hall–Kier alpha value is -2.82. The van der Waals surface area contributed by atoms with Crippen molar-refractivity contribution in [3.8, 4) is 0 Å². The maximum absolute atomic E-state index is 12.6. The summed E-state index contributed by atoms with van der Waals surface area (Å²) in [5.41, 5.74) is 5.34. The largest absolute Gasteiger partial charge is 0.480 e. The Labute approximate surface area is 364 Å². The first-order valence-corrected chi connectivity index (χ1v) is 24.8. The quantitative estimate of drug-likeness (QED) is 0.0230. The summed E-state index contributed by atoms with van der Waals surface area (Å²) in [5, 5.41) is 8.90. The number of hydrogen-bond acceptors (Lipinski definition) is 9. The van der Waals surface area contributed by atoms with Crippen LogP contribution in [0.25, 0.3) is 0 Å². The van der Waals surface area contributed by atoms with Gasteiger partial charge in [0.25, 0.3) is 0 Å². The molecule has 0 spiro atoms. The lowest BCUT2D eigenvalue weighted by atomic mass is 10.1. The van der Waals surface area contributed by atoms with Crippen LogP contribution in [-0.2, 0) is 37.5 Å². The third kappa shape index (κ3) is 41.9. The van der Waals surface area contributed by atoms with Crippen molar-refractivity contribution < 1.29 is 47.5 Å². The number of nitrogens with two attached hydrogens (primary N) is 1. The summed E-state index contributed by atoms with van der Waals surface area (Å²) in [7, 11) is -4.73. The van der Waals surface area contributed by atoms with E-state index in [1.807, 2.05) is 0 Å². The van der Waals surface area contributed by atoms with Gasteiger partial charge in [0, 0.05) is 12.8 Å². The van der Waals surface area contributed by atoms with Crippen molar-refractivity contribution in [1.29, 1.82) is 0 Å². The molecule has 0 saturated heterocycles. The van der Waals surface area contributed by atoms with Crippen LogP contribution in [0.3, 0.4) is 0 Å². The van der Waals surface area contributed by atoms with Crippen molar-refractivity contribution in [2.24, 2.45) is 5.73 Å². The average molecular weight is 866 g/mol. The van der Waals surface area contributed by atoms with Crippen molar-refractivity contribution >= 4 is 25.7 Å². The highest BCUT2D eigenvalue weighted by Gasteiger charge is 2.28. The van der Waals surface area contributed by atoms with Crippen LogP contribution in [0, 0.1) is 0 Å². The second-order valence-electron chi connectivity index (χ2n) is 15.5. The molecule has 1 unspecified atom stereocenters. The fraction of sp³-hybridized carbons (Fsp3) is 0.729. The number of carbonyl (C=O) groups is 3. The number of carbonyl (C=O) groups excluding carboxylic acids is 2. The third-order valence-electron chi connectivity index (χ3n) is 9.75. The Morgan fingerprint density at radius 2 is 0.933 bits per heavy atom. The van der Waals surface area contributed by atoms with E-state index in [-0.39, 0.29) is 19.4 Å². The fourth-order valence-corrected chi connectivity index (χ4v) is 6.89. The summed E-state index contributed by atoms with van der Waals surface area (Å²) in [6, 6.07) is -1.53. The summed E-state index contributed by atoms with van der Waals surface area (Å²) in [6.45, 7) is 2.67. The first-order chi connectivity index (χ1) is 29.1. The first-order valence-electron chi connectivity index (χ1n) is 23.3. The van der Waals surface area contributed by atoms with E-state index in [1.165, 1.54) is 83.5 Å². The van der Waals surface area contributed by atoms with Gasteiger partial charge in [-0.25, -0.2) is 4.57 Å². The van der Waals surface area contributed by atoms with Gasteiger partial charge in [-0.1, -0.05) is 164 Å². The van der Waals surface area contributed by atoms with Gasteiger partial charge in [-0.3, -0.25) is 23.4 Å². The predicted molar refractivity (Wildman–Crippen MR) is 245 cm³/mol. The zero-order valence-electron chi connectivity index (χ0n) is 37.5. The van der Waals surface area contributed by atoms with Gasteiger partial charge < -0.3 is 25.2 Å². The highest BCUT2D eigenvalue weighted by molar-refractivity contribution is 7.47. The van der Waals surface area contributed by atoms with Crippen LogP contribution in [0.2, 0.25) is 0 Å². The highest BCUT2D eigenvalue weighted by atomic mass is 31.2. The molecule has 60 heavy (non-hydrogen) atoms. The van der Waals surface area contributed by atoms with Crippen LogP contribution < -0.4 is 5.73 Å². The molecular formula is C48H84NO10P. The molecule has 4 N–H and O–H groups in total. The molecule has 0 amide bonds. The van der Waals surface area contributed by atoms with E-state index < -0.39 is 51.1 Å². The third-order valence-corrected chi connectivity index (χ3v) is 10.7. The molecule has 0 rings (SSSR count). The standard InChI is InChI=1S/C48H84NO10P/c1-3-5-7-9-11-13-15-17-19-21-22-24-25-27-29-31-33-35-37-39-46(50)56-41-44(42-57-60(54,55)58-43-45(49)48(52)53)59-47(51)40-38-36-34-32-30-28-26-23-20-18-16-14-12-10-8-6-4-2/h6,8,12,14,17-20,26,28,44-45H,3-5,7,9-11,13,15-16,21-25,27,29-43,49H2,1-2H3,(H,52,53)(H,54,55)/b8-6-,14-12-,19-17-,20-18-,28-26-/t44-,45+/m1/s1. The molecule has 0 aliphatic rings. The van der Waals surface area contributed by atoms with Crippen molar-refractivity contribution in [1.82, 2.24) is 0 Å². The number of phosphoric acid groups is 1. The summed E-state index contributed by atoms with van der Waals surface area (Å²) in [5.74, 6) is -2.41. The van der Waals surface area contributed by atoms with Crippen molar-refractivity contribution in [2.45, 2.75) is 206 Å². The van der Waals surface area contributed by atoms with Gasteiger partial charge in [-0.05, 0) is 77.0 Å². The van der Waals surface area contributed by atoms with Crippen molar-refractivity contribution in [2.75, 3.05) is 19.8 Å². The topological polar surface area (TPSA) is 172 Å². The van der Waals surface area contributed by atoms with Crippen LogP contribution >= 0.6 is 7.82 Å². The van der Waals surface area contributed by atoms with Gasteiger partial charge in [-0.15, -0.1) is 0 Å². The number of phosphoric ester groups is 1. The number of esters is 2. The number of aliphatic carboxylic acids is 1. The average Bonchev–Trinajstić information content (AvgIpc) is 3.22. The second kappa shape index (κ2) is 42.9. The minimum absolute atomic E-state index is 0.131. The molecule has 0 saturated carbocycles. The summed E-state index contributed by atoms with van der Waals surface area (Å²) in [4.78, 5) is 46.1. The van der Waals surface area contributed by atoms with E-state index in [4.69, 9.17) is 24.8 Å². The lowest BCUT2D eigenvalue weighted by molar-refractivity contribution is -0.161. The number of carboxylic acid groups (broad SMARTS) is 1. The van der Waals surface area contributed by atoms with Gasteiger partial charge in [0.15, 0.2) is 6.10 Å². The van der Waals surface area contributed by atoms with E-state index in [9.17, 15) is 23.8 Å². The van der Waals surface area contributed by atoms with Crippen LogP contribution in [0.1, 0.15) is 194 Å². The Morgan fingerprint density at radius 3 is 1.42 bits per heavy atom. The molecule has 0 heterocycles. The molecule has 0 fully saturated rings. The Morgan fingerprint density at radius 1 is 0.533 bits per heavy atom. The molecule has 0 aromatic rings. The molecule has 0 radical (unpaired) electrons. The smallest absolute Gasteiger partial charge is 0.472 e. The number of carboxylic acids is 1. The van der Waals surface area contributed by atoms with Crippen molar-refractivity contribution in [3.63, 3.8) is 0 Å². The molecule has 11 nitrogen and oxygen atoms in total. The van der Waals surface area contributed by atoms with Gasteiger partial charge in [0.1, 0.15) is 12.6 Å². The molecule has 0 aromatic heterocycles. The number of allylic oxidation sites excluding steroid dienone is 10. The lowest BCUT2D eigenvalue weighted by Gasteiger charge is -2.20. The Balaban J connectivity index is 4.35. The highest BCUT2D eigenvalue weighted by Crippen LogP contribution is 2.43. The van der Waals surface area contributed by atoms with E-state index >= 15 is 0 Å². The van der Waals surface area contributed by atoms with Crippen LogP contribution in [0.5, 0.6) is 0 Å². The van der Waals surface area contributed by atoms with Crippen molar-refractivity contribution in [3.05, 3.63) is 60.8 Å². The number of hydrogen-bond donors (Lipinski definition) is 3. The molecule has 0 bridgehead atoms.